The van der Waals surface area contributed by atoms with E-state index in [4.69, 9.17) is 4.42 Å². The Morgan fingerprint density at radius 1 is 0.286 bits per heavy atom. The molecule has 0 aliphatic heterocycles. The minimum absolute atomic E-state index is 0.909. The zero-order chi connectivity index (χ0) is 32.3. The summed E-state index contributed by atoms with van der Waals surface area (Å²) in [6, 6.07) is 65.8. The third kappa shape index (κ3) is 4.40. The summed E-state index contributed by atoms with van der Waals surface area (Å²) in [7, 11) is 0. The molecule has 0 amide bonds. The zero-order valence-corrected chi connectivity index (χ0v) is 26.7. The highest BCUT2D eigenvalue weighted by molar-refractivity contribution is 6.25. The molecule has 10 aromatic rings. The lowest BCUT2D eigenvalue weighted by Crippen LogP contribution is -1.93. The Bertz CT molecular complexity index is 2800. The smallest absolute Gasteiger partial charge is 0.136 e. The van der Waals surface area contributed by atoms with Gasteiger partial charge in [0.1, 0.15) is 11.2 Å². The first kappa shape index (κ1) is 27.7. The van der Waals surface area contributed by atoms with Crippen LogP contribution < -0.4 is 0 Å². The highest BCUT2D eigenvalue weighted by Crippen LogP contribution is 2.48. The van der Waals surface area contributed by atoms with Crippen molar-refractivity contribution in [2.45, 2.75) is 0 Å². The van der Waals surface area contributed by atoms with Crippen LogP contribution in [-0.4, -0.2) is 0 Å². The van der Waals surface area contributed by atoms with E-state index in [0.29, 0.717) is 0 Å². The molecule has 1 heterocycles. The Balaban J connectivity index is 1.30. The van der Waals surface area contributed by atoms with Crippen molar-refractivity contribution in [1.82, 2.24) is 0 Å². The molecule has 0 spiro atoms. The predicted molar refractivity (Wildman–Crippen MR) is 208 cm³/mol. The van der Waals surface area contributed by atoms with Gasteiger partial charge in [0, 0.05) is 10.8 Å². The summed E-state index contributed by atoms with van der Waals surface area (Å²) in [6.07, 6.45) is 0. The highest BCUT2D eigenvalue weighted by Gasteiger charge is 2.20. The van der Waals surface area contributed by atoms with E-state index in [2.05, 4.69) is 170 Å². The molecular formula is C48H30O. The van der Waals surface area contributed by atoms with Crippen molar-refractivity contribution in [2.75, 3.05) is 0 Å². The first-order chi connectivity index (χ1) is 24.3. The van der Waals surface area contributed by atoms with Crippen molar-refractivity contribution in [3.05, 3.63) is 182 Å². The minimum Gasteiger partial charge on any atom is -0.456 e. The molecule has 0 unspecified atom stereocenters. The van der Waals surface area contributed by atoms with Gasteiger partial charge in [0.05, 0.1) is 0 Å². The van der Waals surface area contributed by atoms with Crippen LogP contribution in [0.15, 0.2) is 186 Å². The fourth-order valence-electron chi connectivity index (χ4n) is 7.89. The maximum Gasteiger partial charge on any atom is 0.136 e. The van der Waals surface area contributed by atoms with Crippen LogP contribution in [-0.2, 0) is 0 Å². The molecule has 0 atom stereocenters. The van der Waals surface area contributed by atoms with E-state index in [-0.39, 0.29) is 0 Å². The molecule has 0 aliphatic rings. The van der Waals surface area contributed by atoms with Crippen LogP contribution in [0.25, 0.3) is 98.8 Å². The molecule has 0 bridgehead atoms. The Morgan fingerprint density at radius 2 is 0.857 bits per heavy atom. The first-order valence-electron chi connectivity index (χ1n) is 16.8. The summed E-state index contributed by atoms with van der Waals surface area (Å²) >= 11 is 0. The number of hydrogen-bond acceptors (Lipinski definition) is 1. The first-order valence-corrected chi connectivity index (χ1v) is 16.8. The summed E-state index contributed by atoms with van der Waals surface area (Å²) in [5.41, 5.74) is 11.6. The van der Waals surface area contributed by atoms with E-state index < -0.39 is 0 Å². The number of rotatable bonds is 4. The molecule has 228 valence electrons. The van der Waals surface area contributed by atoms with Crippen molar-refractivity contribution in [3.8, 4) is 44.5 Å². The van der Waals surface area contributed by atoms with E-state index in [1.807, 2.05) is 12.1 Å². The number of furan rings is 1. The van der Waals surface area contributed by atoms with E-state index in [9.17, 15) is 0 Å². The largest absolute Gasteiger partial charge is 0.456 e. The minimum atomic E-state index is 0.909. The topological polar surface area (TPSA) is 13.1 Å². The summed E-state index contributed by atoms with van der Waals surface area (Å²) in [4.78, 5) is 0. The standard InChI is InChI=1S/C48H30O/c1-3-14-31(15-4-1)35-28-33-18-13-24-42(47(33)43(29-35)32-16-5-2-6-17-32)48-40-22-9-7-20-38(40)46(39-21-8-10-23-41(39)48)34-26-27-37-36-19-11-12-25-44(36)49-45(37)30-34/h1-30H. The van der Waals surface area contributed by atoms with Crippen LogP contribution in [0, 0.1) is 0 Å². The quantitative estimate of drug-likeness (QED) is 0.178. The molecule has 1 heteroatoms. The van der Waals surface area contributed by atoms with E-state index in [0.717, 1.165) is 27.5 Å². The molecule has 1 aromatic heterocycles. The second kappa shape index (κ2) is 11.1. The molecule has 0 saturated carbocycles. The third-order valence-corrected chi connectivity index (χ3v) is 10.0. The number of hydrogen-bond donors (Lipinski definition) is 0. The Hall–Kier alpha value is -6.44. The van der Waals surface area contributed by atoms with Crippen molar-refractivity contribution in [2.24, 2.45) is 0 Å². The lowest BCUT2D eigenvalue weighted by atomic mass is 9.82. The number of para-hydroxylation sites is 1. The van der Waals surface area contributed by atoms with E-state index >= 15 is 0 Å². The van der Waals surface area contributed by atoms with Gasteiger partial charge in [-0.3, -0.25) is 0 Å². The van der Waals surface area contributed by atoms with Crippen LogP contribution in [0.1, 0.15) is 0 Å². The fraction of sp³-hybridized carbons (Fsp3) is 0. The van der Waals surface area contributed by atoms with Gasteiger partial charge in [-0.2, -0.15) is 0 Å². The molecule has 1 nitrogen and oxygen atoms in total. The van der Waals surface area contributed by atoms with Crippen LogP contribution in [0.3, 0.4) is 0 Å². The van der Waals surface area contributed by atoms with Gasteiger partial charge in [0.15, 0.2) is 0 Å². The molecular weight excluding hydrogens is 593 g/mol. The van der Waals surface area contributed by atoms with Gasteiger partial charge in [0.2, 0.25) is 0 Å². The summed E-state index contributed by atoms with van der Waals surface area (Å²) < 4.78 is 6.38. The van der Waals surface area contributed by atoms with Crippen molar-refractivity contribution in [3.63, 3.8) is 0 Å². The van der Waals surface area contributed by atoms with Gasteiger partial charge in [-0.15, -0.1) is 0 Å². The van der Waals surface area contributed by atoms with Gasteiger partial charge in [-0.25, -0.2) is 0 Å². The van der Waals surface area contributed by atoms with E-state index in [1.54, 1.807) is 0 Å². The van der Waals surface area contributed by atoms with Gasteiger partial charge >= 0.3 is 0 Å². The lowest BCUT2D eigenvalue weighted by molar-refractivity contribution is 0.669. The molecule has 0 radical (unpaired) electrons. The summed E-state index contributed by atoms with van der Waals surface area (Å²) in [5, 5.41) is 9.71. The number of fused-ring (bicyclic) bond motifs is 6. The molecule has 9 aromatic carbocycles. The van der Waals surface area contributed by atoms with Gasteiger partial charge in [-0.1, -0.05) is 152 Å². The van der Waals surface area contributed by atoms with Crippen molar-refractivity contribution >= 4 is 54.3 Å². The molecule has 49 heavy (non-hydrogen) atoms. The fourth-order valence-corrected chi connectivity index (χ4v) is 7.89. The predicted octanol–water partition coefficient (Wildman–Crippen LogP) is 13.7. The molecule has 0 saturated heterocycles. The van der Waals surface area contributed by atoms with Crippen LogP contribution in [0.5, 0.6) is 0 Å². The SMILES string of the molecule is c1ccc(-c2cc(-c3ccccc3)c3c(-c4c5ccccc5c(-c5ccc6c(c5)oc5ccccc56)c5ccccc45)cccc3c2)cc1. The number of benzene rings is 9. The third-order valence-electron chi connectivity index (χ3n) is 10.0. The molecule has 0 fully saturated rings. The van der Waals surface area contributed by atoms with Crippen molar-refractivity contribution < 1.29 is 4.42 Å². The van der Waals surface area contributed by atoms with Gasteiger partial charge in [0.25, 0.3) is 0 Å². The Labute approximate surface area is 284 Å². The summed E-state index contributed by atoms with van der Waals surface area (Å²) in [5.74, 6) is 0. The molecule has 0 aliphatic carbocycles. The monoisotopic (exact) mass is 622 g/mol. The average Bonchev–Trinajstić information content (AvgIpc) is 3.55. The normalized spacial score (nSPS) is 11.7. The van der Waals surface area contributed by atoms with Crippen molar-refractivity contribution in [1.29, 1.82) is 0 Å². The van der Waals surface area contributed by atoms with Crippen LogP contribution in [0.4, 0.5) is 0 Å². The molecule has 0 N–H and O–H groups in total. The maximum atomic E-state index is 6.38. The van der Waals surface area contributed by atoms with Gasteiger partial charge in [-0.05, 0) is 107 Å². The highest BCUT2D eigenvalue weighted by atomic mass is 16.3. The van der Waals surface area contributed by atoms with E-state index in [1.165, 1.54) is 71.3 Å². The second-order valence-electron chi connectivity index (χ2n) is 12.8. The summed E-state index contributed by atoms with van der Waals surface area (Å²) in [6.45, 7) is 0. The maximum absolute atomic E-state index is 6.38. The zero-order valence-electron chi connectivity index (χ0n) is 26.7. The van der Waals surface area contributed by atoms with Crippen LogP contribution >= 0.6 is 0 Å². The lowest BCUT2D eigenvalue weighted by Gasteiger charge is -2.20. The molecule has 10 rings (SSSR count). The Morgan fingerprint density at radius 3 is 1.55 bits per heavy atom. The average molecular weight is 623 g/mol. The van der Waals surface area contributed by atoms with Gasteiger partial charge < -0.3 is 4.42 Å². The second-order valence-corrected chi connectivity index (χ2v) is 12.8. The Kier molecular flexibility index (Phi) is 6.25. The van der Waals surface area contributed by atoms with Crippen LogP contribution in [0.2, 0.25) is 0 Å².